The molecule has 0 fully saturated rings. The molecular formula is C22H16N4O3. The molecule has 3 aromatic carbocycles. The molecule has 1 N–H and O–H groups in total. The first-order chi connectivity index (χ1) is 14.1. The first kappa shape index (κ1) is 18.1. The molecule has 4 rings (SSSR count). The Labute approximate surface area is 166 Å². The first-order valence-electron chi connectivity index (χ1n) is 8.86. The average molecular weight is 384 g/mol. The summed E-state index contributed by atoms with van der Waals surface area (Å²) in [5, 5.41) is 17.0. The number of non-ortho nitro benzene ring substituents is 1. The number of rotatable bonds is 5. The maximum absolute atomic E-state index is 12.2. The van der Waals surface area contributed by atoms with Crippen molar-refractivity contribution in [1.82, 2.24) is 9.99 Å². The Hall–Kier alpha value is -4.26. The zero-order valence-corrected chi connectivity index (χ0v) is 15.2. The number of hydrogen-bond donors (Lipinski definition) is 1. The van der Waals surface area contributed by atoms with Crippen LogP contribution in [0.5, 0.6) is 0 Å². The third-order valence-corrected chi connectivity index (χ3v) is 4.49. The summed E-state index contributed by atoms with van der Waals surface area (Å²) in [7, 11) is 0. The van der Waals surface area contributed by atoms with Gasteiger partial charge in [0.2, 0.25) is 0 Å². The van der Waals surface area contributed by atoms with Crippen molar-refractivity contribution in [3.63, 3.8) is 0 Å². The minimum atomic E-state index is -0.513. The van der Waals surface area contributed by atoms with Crippen LogP contribution < -0.4 is 5.43 Å². The van der Waals surface area contributed by atoms with E-state index in [1.807, 2.05) is 41.1 Å². The number of nitrogens with zero attached hydrogens (tertiary/aromatic N) is 3. The molecule has 0 atom stereocenters. The SMILES string of the molecule is O=C(N/N=C/c1cccn1-c1ccc2ccccc2c1)c1ccc([N+](=O)[O-])cc1. The molecule has 29 heavy (non-hydrogen) atoms. The van der Waals surface area contributed by atoms with E-state index in [9.17, 15) is 14.9 Å². The number of benzene rings is 3. The van der Waals surface area contributed by atoms with Crippen molar-refractivity contribution >= 4 is 28.6 Å². The third kappa shape index (κ3) is 3.89. The minimum absolute atomic E-state index is 0.0711. The fraction of sp³-hybridized carbons (Fsp3) is 0. The summed E-state index contributed by atoms with van der Waals surface area (Å²) in [6.07, 6.45) is 3.47. The molecule has 0 unspecified atom stereocenters. The molecule has 0 radical (unpaired) electrons. The van der Waals surface area contributed by atoms with Gasteiger partial charge in [0.25, 0.3) is 11.6 Å². The van der Waals surface area contributed by atoms with Gasteiger partial charge in [-0.2, -0.15) is 5.10 Å². The fourth-order valence-corrected chi connectivity index (χ4v) is 3.02. The molecule has 0 bridgehead atoms. The fourth-order valence-electron chi connectivity index (χ4n) is 3.02. The minimum Gasteiger partial charge on any atom is -0.316 e. The summed E-state index contributed by atoms with van der Waals surface area (Å²) < 4.78 is 1.97. The van der Waals surface area contributed by atoms with Crippen molar-refractivity contribution in [1.29, 1.82) is 0 Å². The molecule has 142 valence electrons. The molecule has 0 spiro atoms. The van der Waals surface area contributed by atoms with Gasteiger partial charge in [-0.05, 0) is 47.2 Å². The van der Waals surface area contributed by atoms with Gasteiger partial charge in [-0.3, -0.25) is 14.9 Å². The van der Waals surface area contributed by atoms with Gasteiger partial charge in [0.05, 0.1) is 16.8 Å². The van der Waals surface area contributed by atoms with Crippen molar-refractivity contribution in [2.75, 3.05) is 0 Å². The molecule has 1 amide bonds. The maximum Gasteiger partial charge on any atom is 0.271 e. The van der Waals surface area contributed by atoms with Crippen LogP contribution in [0.1, 0.15) is 16.1 Å². The van der Waals surface area contributed by atoms with E-state index in [4.69, 9.17) is 0 Å². The Morgan fingerprint density at radius 3 is 2.48 bits per heavy atom. The van der Waals surface area contributed by atoms with E-state index in [0.29, 0.717) is 0 Å². The molecule has 0 saturated carbocycles. The monoisotopic (exact) mass is 384 g/mol. The molecule has 1 heterocycles. The molecule has 1 aromatic heterocycles. The van der Waals surface area contributed by atoms with Crippen LogP contribution in [0.2, 0.25) is 0 Å². The van der Waals surface area contributed by atoms with Gasteiger partial charge in [0.15, 0.2) is 0 Å². The normalized spacial score (nSPS) is 11.0. The van der Waals surface area contributed by atoms with Crippen LogP contribution in [-0.2, 0) is 0 Å². The average Bonchev–Trinajstić information content (AvgIpc) is 3.22. The number of hydrogen-bond acceptors (Lipinski definition) is 4. The Bertz CT molecular complexity index is 1230. The van der Waals surface area contributed by atoms with Crippen molar-refractivity contribution in [3.05, 3.63) is 106 Å². The van der Waals surface area contributed by atoms with Crippen LogP contribution in [0.25, 0.3) is 16.5 Å². The standard InChI is InChI=1S/C22H16N4O3/c27-22(17-8-10-19(11-9-17)26(28)29)24-23-15-21-6-3-13-25(21)20-12-7-16-4-1-2-5-18(16)14-20/h1-15H,(H,24,27)/b23-15+. The second kappa shape index (κ2) is 7.77. The largest absolute Gasteiger partial charge is 0.316 e. The van der Waals surface area contributed by atoms with E-state index in [2.05, 4.69) is 34.8 Å². The van der Waals surface area contributed by atoms with E-state index in [1.165, 1.54) is 24.3 Å². The van der Waals surface area contributed by atoms with Crippen molar-refractivity contribution in [3.8, 4) is 5.69 Å². The number of nitrogens with one attached hydrogen (secondary N) is 1. The second-order valence-electron chi connectivity index (χ2n) is 6.34. The highest BCUT2D eigenvalue weighted by molar-refractivity contribution is 5.95. The Kier molecular flexibility index (Phi) is 4.86. The number of carbonyl (C=O) groups excluding carboxylic acids is 1. The summed E-state index contributed by atoms with van der Waals surface area (Å²) in [5.41, 5.74) is 4.44. The van der Waals surface area contributed by atoms with Crippen LogP contribution in [0.3, 0.4) is 0 Å². The summed E-state index contributed by atoms with van der Waals surface area (Å²) >= 11 is 0. The van der Waals surface area contributed by atoms with Crippen molar-refractivity contribution in [2.24, 2.45) is 5.10 Å². The summed E-state index contributed by atoms with van der Waals surface area (Å²) in [6, 6.07) is 23.4. The number of nitro benzene ring substituents is 1. The van der Waals surface area contributed by atoms with Crippen LogP contribution in [-0.4, -0.2) is 21.6 Å². The zero-order chi connectivity index (χ0) is 20.2. The van der Waals surface area contributed by atoms with Crippen LogP contribution in [0, 0.1) is 10.1 Å². The predicted octanol–water partition coefficient (Wildman–Crippen LogP) is 4.30. The summed E-state index contributed by atoms with van der Waals surface area (Å²) in [6.45, 7) is 0. The quantitative estimate of drug-likeness (QED) is 0.316. The number of nitro groups is 1. The van der Waals surface area contributed by atoms with Crippen molar-refractivity contribution in [2.45, 2.75) is 0 Å². The molecule has 7 heteroatoms. The van der Waals surface area contributed by atoms with Gasteiger partial charge < -0.3 is 4.57 Å². The Balaban J connectivity index is 1.50. The number of hydrazone groups is 1. The lowest BCUT2D eigenvalue weighted by Crippen LogP contribution is -2.17. The van der Waals surface area contributed by atoms with Gasteiger partial charge in [0.1, 0.15) is 0 Å². The lowest BCUT2D eigenvalue weighted by Gasteiger charge is -2.08. The van der Waals surface area contributed by atoms with Gasteiger partial charge in [-0.25, -0.2) is 5.43 Å². The smallest absolute Gasteiger partial charge is 0.271 e. The van der Waals surface area contributed by atoms with Gasteiger partial charge in [0, 0.05) is 29.6 Å². The Morgan fingerprint density at radius 2 is 1.72 bits per heavy atom. The van der Waals surface area contributed by atoms with Crippen LogP contribution in [0.15, 0.2) is 90.2 Å². The molecule has 0 aliphatic rings. The van der Waals surface area contributed by atoms with E-state index >= 15 is 0 Å². The summed E-state index contributed by atoms with van der Waals surface area (Å²) in [5.74, 6) is -0.444. The number of fused-ring (bicyclic) bond motifs is 1. The first-order valence-corrected chi connectivity index (χ1v) is 8.86. The predicted molar refractivity (Wildman–Crippen MR) is 111 cm³/mol. The lowest BCUT2D eigenvalue weighted by molar-refractivity contribution is -0.384. The summed E-state index contributed by atoms with van der Waals surface area (Å²) in [4.78, 5) is 22.3. The molecule has 0 aliphatic carbocycles. The zero-order valence-electron chi connectivity index (χ0n) is 15.2. The van der Waals surface area contributed by atoms with E-state index in [1.54, 1.807) is 6.21 Å². The highest BCUT2D eigenvalue weighted by atomic mass is 16.6. The molecular weight excluding hydrogens is 368 g/mol. The lowest BCUT2D eigenvalue weighted by atomic mass is 10.1. The number of amides is 1. The topological polar surface area (TPSA) is 89.5 Å². The second-order valence-corrected chi connectivity index (χ2v) is 6.34. The van der Waals surface area contributed by atoms with Crippen molar-refractivity contribution < 1.29 is 9.72 Å². The van der Waals surface area contributed by atoms with E-state index in [-0.39, 0.29) is 11.3 Å². The maximum atomic E-state index is 12.2. The molecule has 4 aromatic rings. The third-order valence-electron chi connectivity index (χ3n) is 4.49. The van der Waals surface area contributed by atoms with Crippen LogP contribution in [0.4, 0.5) is 5.69 Å². The van der Waals surface area contributed by atoms with Gasteiger partial charge in [-0.1, -0.05) is 30.3 Å². The highest BCUT2D eigenvalue weighted by Crippen LogP contribution is 2.19. The molecule has 0 aliphatic heterocycles. The number of aromatic nitrogens is 1. The van der Waals surface area contributed by atoms with Gasteiger partial charge >= 0.3 is 0 Å². The Morgan fingerprint density at radius 1 is 0.966 bits per heavy atom. The van der Waals surface area contributed by atoms with E-state index in [0.717, 1.165) is 22.2 Å². The van der Waals surface area contributed by atoms with Crippen LogP contribution >= 0.6 is 0 Å². The van der Waals surface area contributed by atoms with Gasteiger partial charge in [-0.15, -0.1) is 0 Å². The van der Waals surface area contributed by atoms with E-state index < -0.39 is 10.8 Å². The molecule has 7 nitrogen and oxygen atoms in total. The molecule has 0 saturated heterocycles. The number of carbonyl (C=O) groups is 1. The highest BCUT2D eigenvalue weighted by Gasteiger charge is 2.09.